The summed E-state index contributed by atoms with van der Waals surface area (Å²) in [4.78, 5) is 26.7. The minimum Gasteiger partial charge on any atom is -0.355 e. The molecule has 0 bridgehead atoms. The molecule has 3 fully saturated rings. The van der Waals surface area contributed by atoms with Crippen LogP contribution in [0.5, 0.6) is 0 Å². The van der Waals surface area contributed by atoms with Crippen molar-refractivity contribution in [3.05, 3.63) is 0 Å². The average Bonchev–Trinajstić information content (AvgIpc) is 2.99. The Hall–Kier alpha value is -0.810. The Labute approximate surface area is 145 Å². The van der Waals surface area contributed by atoms with E-state index in [4.69, 9.17) is 0 Å². The van der Waals surface area contributed by atoms with Crippen LogP contribution in [0.25, 0.3) is 0 Å². The van der Waals surface area contributed by atoms with Crippen molar-refractivity contribution < 1.29 is 9.59 Å². The molecule has 0 aromatic rings. The van der Waals surface area contributed by atoms with Gasteiger partial charge in [0.15, 0.2) is 0 Å². The second-order valence-corrected chi connectivity index (χ2v) is 7.77. The van der Waals surface area contributed by atoms with Crippen molar-refractivity contribution in [3.63, 3.8) is 0 Å². The van der Waals surface area contributed by atoms with Gasteiger partial charge in [0.25, 0.3) is 0 Å². The SMILES string of the molecule is CN(C)C(=O)C1(CNC(=O)C2CC23CCNCC3)CCCC1.Cl. The quantitative estimate of drug-likeness (QED) is 0.814. The number of hydrogen-bond donors (Lipinski definition) is 2. The second-order valence-electron chi connectivity index (χ2n) is 7.77. The van der Waals surface area contributed by atoms with E-state index in [-0.39, 0.29) is 41.0 Å². The summed E-state index contributed by atoms with van der Waals surface area (Å²) in [6.45, 7) is 2.59. The van der Waals surface area contributed by atoms with Crippen LogP contribution in [0.1, 0.15) is 44.9 Å². The fourth-order valence-electron chi connectivity index (χ4n) is 4.57. The van der Waals surface area contributed by atoms with Crippen molar-refractivity contribution in [2.75, 3.05) is 33.7 Å². The highest BCUT2D eigenvalue weighted by atomic mass is 35.5. The zero-order valence-corrected chi connectivity index (χ0v) is 15.1. The van der Waals surface area contributed by atoms with Crippen LogP contribution in [0.2, 0.25) is 0 Å². The zero-order valence-electron chi connectivity index (χ0n) is 14.3. The first-order valence-electron chi connectivity index (χ1n) is 8.69. The van der Waals surface area contributed by atoms with Crippen LogP contribution in [0.4, 0.5) is 0 Å². The Kier molecular flexibility index (Phi) is 5.62. The largest absolute Gasteiger partial charge is 0.355 e. The van der Waals surface area contributed by atoms with Crippen molar-refractivity contribution in [2.45, 2.75) is 44.9 Å². The smallest absolute Gasteiger partial charge is 0.230 e. The van der Waals surface area contributed by atoms with E-state index in [9.17, 15) is 9.59 Å². The van der Waals surface area contributed by atoms with Gasteiger partial charge < -0.3 is 15.5 Å². The maximum atomic E-state index is 12.5. The Bertz CT molecular complexity index is 455. The first-order valence-corrected chi connectivity index (χ1v) is 8.69. The lowest BCUT2D eigenvalue weighted by atomic mass is 9.84. The van der Waals surface area contributed by atoms with E-state index >= 15 is 0 Å². The Balaban J connectivity index is 0.00000192. The van der Waals surface area contributed by atoms with Gasteiger partial charge in [0.2, 0.25) is 11.8 Å². The van der Waals surface area contributed by atoms with Crippen LogP contribution in [0.15, 0.2) is 0 Å². The number of nitrogens with zero attached hydrogens (tertiary/aromatic N) is 1. The van der Waals surface area contributed by atoms with Gasteiger partial charge in [0.1, 0.15) is 0 Å². The standard InChI is InChI=1S/C17H29N3O2.ClH/c1-20(2)15(22)17(5-3-4-6-17)12-19-14(21)13-11-16(13)7-9-18-10-8-16;/h13,18H,3-12H2,1-2H3,(H,19,21);1H. The van der Waals surface area contributed by atoms with Gasteiger partial charge in [-0.3, -0.25) is 9.59 Å². The Morgan fingerprint density at radius 3 is 2.30 bits per heavy atom. The predicted octanol–water partition coefficient (Wildman–Crippen LogP) is 1.56. The summed E-state index contributed by atoms with van der Waals surface area (Å²) < 4.78 is 0. The number of halogens is 1. The fraction of sp³-hybridized carbons (Fsp3) is 0.882. The normalized spacial score (nSPS) is 27.1. The molecule has 1 atom stereocenters. The third kappa shape index (κ3) is 3.50. The average molecular weight is 344 g/mol. The van der Waals surface area contributed by atoms with E-state index in [1.807, 2.05) is 14.1 Å². The lowest BCUT2D eigenvalue weighted by Crippen LogP contribution is -2.47. The number of hydrogen-bond acceptors (Lipinski definition) is 3. The van der Waals surface area contributed by atoms with Crippen molar-refractivity contribution in [3.8, 4) is 0 Å². The molecular formula is C17H30ClN3O2. The summed E-state index contributed by atoms with van der Waals surface area (Å²) >= 11 is 0. The molecule has 1 aliphatic heterocycles. The number of piperidine rings is 1. The van der Waals surface area contributed by atoms with Crippen molar-refractivity contribution in [2.24, 2.45) is 16.7 Å². The molecular weight excluding hydrogens is 314 g/mol. The minimum atomic E-state index is -0.352. The molecule has 3 rings (SSSR count). The van der Waals surface area contributed by atoms with Crippen LogP contribution in [-0.2, 0) is 9.59 Å². The fourth-order valence-corrected chi connectivity index (χ4v) is 4.57. The molecule has 1 spiro atoms. The maximum absolute atomic E-state index is 12.5. The van der Waals surface area contributed by atoms with Gasteiger partial charge in [0.05, 0.1) is 5.41 Å². The van der Waals surface area contributed by atoms with Gasteiger partial charge in [-0.15, -0.1) is 12.4 Å². The Morgan fingerprint density at radius 1 is 1.13 bits per heavy atom. The molecule has 132 valence electrons. The number of nitrogens with one attached hydrogen (secondary N) is 2. The molecule has 5 nitrogen and oxygen atoms in total. The molecule has 1 saturated heterocycles. The minimum absolute atomic E-state index is 0. The summed E-state index contributed by atoms with van der Waals surface area (Å²) in [5.74, 6) is 0.542. The maximum Gasteiger partial charge on any atom is 0.230 e. The first-order chi connectivity index (χ1) is 10.5. The summed E-state index contributed by atoms with van der Waals surface area (Å²) in [5, 5.41) is 6.50. The molecule has 2 amide bonds. The van der Waals surface area contributed by atoms with Crippen molar-refractivity contribution >= 4 is 24.2 Å². The van der Waals surface area contributed by atoms with Gasteiger partial charge in [-0.05, 0) is 50.6 Å². The number of carbonyl (C=O) groups excluding carboxylic acids is 2. The van der Waals surface area contributed by atoms with E-state index in [0.29, 0.717) is 6.54 Å². The third-order valence-corrected chi connectivity index (χ3v) is 6.13. The van der Waals surface area contributed by atoms with Crippen LogP contribution in [0, 0.1) is 16.7 Å². The van der Waals surface area contributed by atoms with Crippen molar-refractivity contribution in [1.82, 2.24) is 15.5 Å². The molecule has 2 N–H and O–H groups in total. The summed E-state index contributed by atoms with van der Waals surface area (Å²) in [6.07, 6.45) is 7.27. The lowest BCUT2D eigenvalue weighted by molar-refractivity contribution is -0.139. The summed E-state index contributed by atoms with van der Waals surface area (Å²) in [6, 6.07) is 0. The Morgan fingerprint density at radius 2 is 1.74 bits per heavy atom. The monoisotopic (exact) mass is 343 g/mol. The van der Waals surface area contributed by atoms with Crippen LogP contribution < -0.4 is 10.6 Å². The molecule has 1 heterocycles. The second kappa shape index (κ2) is 6.98. The van der Waals surface area contributed by atoms with Crippen LogP contribution in [-0.4, -0.2) is 50.4 Å². The highest BCUT2D eigenvalue weighted by molar-refractivity contribution is 5.86. The summed E-state index contributed by atoms with van der Waals surface area (Å²) in [5.41, 5.74) is -0.0843. The molecule has 2 aliphatic carbocycles. The van der Waals surface area contributed by atoms with Gasteiger partial charge in [-0.1, -0.05) is 12.8 Å². The van der Waals surface area contributed by atoms with Crippen LogP contribution in [0.3, 0.4) is 0 Å². The highest BCUT2D eigenvalue weighted by Gasteiger charge is 2.57. The molecule has 0 aromatic carbocycles. The predicted molar refractivity (Wildman–Crippen MR) is 92.5 cm³/mol. The number of rotatable bonds is 4. The van der Waals surface area contributed by atoms with E-state index < -0.39 is 0 Å². The van der Waals surface area contributed by atoms with E-state index in [1.54, 1.807) is 4.90 Å². The molecule has 0 aromatic heterocycles. The molecule has 23 heavy (non-hydrogen) atoms. The lowest BCUT2D eigenvalue weighted by Gasteiger charge is -2.31. The third-order valence-electron chi connectivity index (χ3n) is 6.13. The molecule has 1 unspecified atom stereocenters. The van der Waals surface area contributed by atoms with Gasteiger partial charge in [-0.25, -0.2) is 0 Å². The number of carbonyl (C=O) groups is 2. The van der Waals surface area contributed by atoms with Gasteiger partial charge >= 0.3 is 0 Å². The van der Waals surface area contributed by atoms with Gasteiger partial charge in [0, 0.05) is 26.6 Å². The molecule has 6 heteroatoms. The molecule has 2 saturated carbocycles. The van der Waals surface area contributed by atoms with Gasteiger partial charge in [-0.2, -0.15) is 0 Å². The summed E-state index contributed by atoms with van der Waals surface area (Å²) in [7, 11) is 3.63. The van der Waals surface area contributed by atoms with Crippen molar-refractivity contribution in [1.29, 1.82) is 0 Å². The van der Waals surface area contributed by atoms with E-state index in [1.165, 1.54) is 0 Å². The molecule has 0 radical (unpaired) electrons. The number of amides is 2. The molecule has 3 aliphatic rings. The zero-order chi connectivity index (χ0) is 15.8. The van der Waals surface area contributed by atoms with Crippen LogP contribution >= 0.6 is 12.4 Å². The van der Waals surface area contributed by atoms with E-state index in [2.05, 4.69) is 10.6 Å². The topological polar surface area (TPSA) is 61.4 Å². The van der Waals surface area contributed by atoms with E-state index in [0.717, 1.165) is 58.0 Å². The first kappa shape index (κ1) is 18.5. The highest BCUT2D eigenvalue weighted by Crippen LogP contribution is 2.58.